The molecular weight excluding hydrogens is 248 g/mol. The highest BCUT2D eigenvalue weighted by atomic mass is 16.3. The molecule has 0 bridgehead atoms. The molecule has 0 amide bonds. The van der Waals surface area contributed by atoms with Gasteiger partial charge in [-0.2, -0.15) is 0 Å². The van der Waals surface area contributed by atoms with Crippen LogP contribution in [0.3, 0.4) is 0 Å². The first kappa shape index (κ1) is 11.9. The zero-order chi connectivity index (χ0) is 14.1. The summed E-state index contributed by atoms with van der Waals surface area (Å²) in [5.74, 6) is 0.0259. The third-order valence-electron chi connectivity index (χ3n) is 5.39. The van der Waals surface area contributed by atoms with Crippen molar-refractivity contribution in [1.82, 2.24) is 0 Å². The number of hydrogen-bond acceptors (Lipinski definition) is 2. The maximum absolute atomic E-state index is 12.6. The van der Waals surface area contributed by atoms with E-state index < -0.39 is 11.0 Å². The third kappa shape index (κ3) is 0.979. The van der Waals surface area contributed by atoms with Gasteiger partial charge in [-0.05, 0) is 23.6 Å². The highest BCUT2D eigenvalue weighted by Crippen LogP contribution is 2.63. The van der Waals surface area contributed by atoms with Crippen LogP contribution in [0.1, 0.15) is 46.8 Å². The molecule has 0 spiro atoms. The molecular formula is C18H16O2. The maximum atomic E-state index is 12.6. The van der Waals surface area contributed by atoms with Crippen LogP contribution in [0.15, 0.2) is 48.5 Å². The summed E-state index contributed by atoms with van der Waals surface area (Å²) in [7, 11) is 0. The van der Waals surface area contributed by atoms with E-state index in [0.717, 1.165) is 22.3 Å². The van der Waals surface area contributed by atoms with E-state index in [1.807, 2.05) is 62.4 Å². The van der Waals surface area contributed by atoms with E-state index >= 15 is 0 Å². The molecule has 3 atom stereocenters. The first-order chi connectivity index (χ1) is 9.53. The highest BCUT2D eigenvalue weighted by Gasteiger charge is 2.67. The number of fused-ring (bicyclic) bond motifs is 2. The van der Waals surface area contributed by atoms with Crippen LogP contribution in [0.4, 0.5) is 0 Å². The quantitative estimate of drug-likeness (QED) is 0.859. The Morgan fingerprint density at radius 1 is 1.00 bits per heavy atom. The van der Waals surface area contributed by atoms with Crippen LogP contribution < -0.4 is 0 Å². The van der Waals surface area contributed by atoms with Crippen LogP contribution in [0.25, 0.3) is 0 Å². The Balaban J connectivity index is 1.94. The van der Waals surface area contributed by atoms with Crippen molar-refractivity contribution >= 4 is 5.78 Å². The summed E-state index contributed by atoms with van der Waals surface area (Å²) in [5.41, 5.74) is 1.85. The van der Waals surface area contributed by atoms with E-state index in [9.17, 15) is 9.90 Å². The van der Waals surface area contributed by atoms with Gasteiger partial charge in [0.2, 0.25) is 0 Å². The van der Waals surface area contributed by atoms with Crippen molar-refractivity contribution in [2.75, 3.05) is 0 Å². The zero-order valence-electron chi connectivity index (χ0n) is 11.6. The molecule has 0 saturated carbocycles. The normalized spacial score (nSPS) is 33.8. The second kappa shape index (κ2) is 3.39. The summed E-state index contributed by atoms with van der Waals surface area (Å²) in [6.07, 6.45) is 0. The van der Waals surface area contributed by atoms with Crippen molar-refractivity contribution in [3.8, 4) is 0 Å². The van der Waals surface area contributed by atoms with Gasteiger partial charge in [-0.15, -0.1) is 0 Å². The van der Waals surface area contributed by atoms with E-state index in [4.69, 9.17) is 0 Å². The van der Waals surface area contributed by atoms with Crippen molar-refractivity contribution in [3.63, 3.8) is 0 Å². The van der Waals surface area contributed by atoms with E-state index in [-0.39, 0.29) is 11.7 Å². The Morgan fingerprint density at radius 2 is 1.60 bits per heavy atom. The lowest BCUT2D eigenvalue weighted by Crippen LogP contribution is -2.64. The summed E-state index contributed by atoms with van der Waals surface area (Å²) < 4.78 is 0. The Morgan fingerprint density at radius 3 is 2.35 bits per heavy atom. The Hall–Kier alpha value is -1.93. The number of aliphatic hydroxyl groups is 1. The van der Waals surface area contributed by atoms with Gasteiger partial charge in [0.05, 0.1) is 5.41 Å². The summed E-state index contributed by atoms with van der Waals surface area (Å²) in [4.78, 5) is 12.6. The smallest absolute Gasteiger partial charge is 0.176 e. The zero-order valence-corrected chi connectivity index (χ0v) is 11.6. The lowest BCUT2D eigenvalue weighted by molar-refractivity contribution is -0.0750. The summed E-state index contributed by atoms with van der Waals surface area (Å²) >= 11 is 0. The molecule has 20 heavy (non-hydrogen) atoms. The predicted molar refractivity (Wildman–Crippen MR) is 76.9 cm³/mol. The van der Waals surface area contributed by atoms with Crippen LogP contribution in [0.2, 0.25) is 0 Å². The molecule has 2 aromatic rings. The summed E-state index contributed by atoms with van der Waals surface area (Å²) in [6.45, 7) is 3.88. The number of ketones is 1. The number of benzene rings is 2. The highest BCUT2D eigenvalue weighted by molar-refractivity contribution is 6.15. The first-order valence-corrected chi connectivity index (χ1v) is 6.99. The van der Waals surface area contributed by atoms with Gasteiger partial charge >= 0.3 is 0 Å². The van der Waals surface area contributed by atoms with Crippen molar-refractivity contribution in [2.45, 2.75) is 30.8 Å². The number of hydrogen-bond donors (Lipinski definition) is 1. The molecule has 0 saturated heterocycles. The lowest BCUT2D eigenvalue weighted by Gasteiger charge is -2.59. The number of Topliss-reactive ketones (excluding diaryl/α,β-unsaturated/α-hetero) is 1. The fraction of sp³-hybridized carbons (Fsp3) is 0.278. The van der Waals surface area contributed by atoms with Gasteiger partial charge in [-0.3, -0.25) is 4.79 Å². The van der Waals surface area contributed by atoms with E-state index in [1.54, 1.807) is 0 Å². The molecule has 2 aliphatic rings. The van der Waals surface area contributed by atoms with Gasteiger partial charge in [0.15, 0.2) is 5.78 Å². The largest absolute Gasteiger partial charge is 0.383 e. The SMILES string of the molecule is CC1c2ccccc2C1(O)C1(C)C(=O)c2ccccc21. The van der Waals surface area contributed by atoms with Crippen molar-refractivity contribution in [1.29, 1.82) is 0 Å². The topological polar surface area (TPSA) is 37.3 Å². The van der Waals surface area contributed by atoms with Crippen LogP contribution in [-0.4, -0.2) is 10.9 Å². The van der Waals surface area contributed by atoms with Crippen molar-refractivity contribution in [2.24, 2.45) is 0 Å². The molecule has 3 unspecified atom stereocenters. The predicted octanol–water partition coefficient (Wildman–Crippen LogP) is 3.15. The number of carbonyl (C=O) groups is 1. The van der Waals surface area contributed by atoms with Crippen LogP contribution in [0.5, 0.6) is 0 Å². The first-order valence-electron chi connectivity index (χ1n) is 6.99. The standard InChI is InChI=1S/C18H16O2/c1-11-12-7-3-6-10-15(12)18(11,20)17(2)14-9-5-4-8-13(14)16(17)19/h3-11,20H,1-2H3. The molecule has 4 rings (SSSR count). The Kier molecular flexibility index (Phi) is 2.01. The third-order valence-corrected chi connectivity index (χ3v) is 5.39. The summed E-state index contributed by atoms with van der Waals surface area (Å²) in [5, 5.41) is 11.3. The van der Waals surface area contributed by atoms with E-state index in [2.05, 4.69) is 0 Å². The number of rotatable bonds is 1. The molecule has 2 aromatic carbocycles. The van der Waals surface area contributed by atoms with Crippen LogP contribution in [0, 0.1) is 0 Å². The fourth-order valence-corrected chi connectivity index (χ4v) is 4.13. The van der Waals surface area contributed by atoms with Gasteiger partial charge in [0.1, 0.15) is 5.60 Å². The van der Waals surface area contributed by atoms with Crippen LogP contribution in [-0.2, 0) is 11.0 Å². The van der Waals surface area contributed by atoms with Gasteiger partial charge in [-0.1, -0.05) is 55.5 Å². The average Bonchev–Trinajstić information content (AvgIpc) is 2.52. The summed E-state index contributed by atoms with van der Waals surface area (Å²) in [6, 6.07) is 15.5. The number of carbonyl (C=O) groups excluding carboxylic acids is 1. The maximum Gasteiger partial charge on any atom is 0.176 e. The monoisotopic (exact) mass is 264 g/mol. The fourth-order valence-electron chi connectivity index (χ4n) is 4.13. The molecule has 2 aliphatic carbocycles. The molecule has 0 aromatic heterocycles. The molecule has 0 radical (unpaired) electrons. The van der Waals surface area contributed by atoms with Crippen molar-refractivity contribution < 1.29 is 9.90 Å². The average molecular weight is 264 g/mol. The Bertz CT molecular complexity index is 749. The van der Waals surface area contributed by atoms with Gasteiger partial charge in [-0.25, -0.2) is 0 Å². The molecule has 1 N–H and O–H groups in total. The van der Waals surface area contributed by atoms with Crippen LogP contribution >= 0.6 is 0 Å². The van der Waals surface area contributed by atoms with E-state index in [0.29, 0.717) is 0 Å². The van der Waals surface area contributed by atoms with Gasteiger partial charge in [0, 0.05) is 11.5 Å². The Labute approximate surface area is 118 Å². The molecule has 0 fully saturated rings. The lowest BCUT2D eigenvalue weighted by atomic mass is 9.45. The van der Waals surface area contributed by atoms with Gasteiger partial charge in [0.25, 0.3) is 0 Å². The van der Waals surface area contributed by atoms with Crippen molar-refractivity contribution in [3.05, 3.63) is 70.8 Å². The second-order valence-electron chi connectivity index (χ2n) is 6.08. The molecule has 2 nitrogen and oxygen atoms in total. The minimum absolute atomic E-state index is 0.0268. The molecule has 0 aliphatic heterocycles. The minimum atomic E-state index is -1.09. The van der Waals surface area contributed by atoms with E-state index in [1.165, 1.54) is 0 Å². The second-order valence-corrected chi connectivity index (χ2v) is 6.08. The van der Waals surface area contributed by atoms with Gasteiger partial charge < -0.3 is 5.11 Å². The molecule has 0 heterocycles. The minimum Gasteiger partial charge on any atom is -0.383 e. The molecule has 100 valence electrons. The molecule has 2 heteroatoms.